The Labute approximate surface area is 327 Å². The van der Waals surface area contributed by atoms with Gasteiger partial charge in [0.25, 0.3) is 0 Å². The zero-order valence-electron chi connectivity index (χ0n) is 31.8. The van der Waals surface area contributed by atoms with E-state index >= 15 is 0 Å². The minimum atomic E-state index is -4.77. The molecule has 0 aliphatic carbocycles. The number of piperazine rings is 2. The molecule has 5 heterocycles. The van der Waals surface area contributed by atoms with Crippen LogP contribution >= 0.6 is 7.82 Å². The molecule has 4 fully saturated rings. The second-order valence-electron chi connectivity index (χ2n) is 14.8. The average molecular weight is 787 g/mol. The predicted octanol–water partition coefficient (Wildman–Crippen LogP) is 2.37. The van der Waals surface area contributed by atoms with Crippen LogP contribution in [0.2, 0.25) is 0 Å². The molecule has 2 aromatic carbocycles. The predicted molar refractivity (Wildman–Crippen MR) is 210 cm³/mol. The van der Waals surface area contributed by atoms with Crippen LogP contribution < -0.4 is 9.42 Å². The van der Waals surface area contributed by atoms with Gasteiger partial charge in [0.2, 0.25) is 17.7 Å². The quantitative estimate of drug-likeness (QED) is 0.182. The molecule has 3 aromatic rings. The maximum Gasteiger partial charge on any atom is 0.524 e. The normalized spacial score (nSPS) is 21.6. The third-order valence-corrected chi connectivity index (χ3v) is 11.6. The smallest absolute Gasteiger partial charge is 0.404 e. The number of anilines is 1. The molecule has 1 aromatic heterocycles. The molecule has 0 radical (unpaired) electrons. The van der Waals surface area contributed by atoms with Crippen molar-refractivity contribution in [1.29, 1.82) is 0 Å². The molecule has 1 unspecified atom stereocenters. The van der Waals surface area contributed by atoms with E-state index in [9.17, 15) is 28.7 Å². The number of likely N-dealkylation sites (N-methyl/N-ethyl adjacent to an activating group) is 1. The van der Waals surface area contributed by atoms with Crippen LogP contribution in [0.3, 0.4) is 0 Å². The van der Waals surface area contributed by atoms with Crippen LogP contribution in [0.5, 0.6) is 5.75 Å². The Hall–Kier alpha value is -4.63. The van der Waals surface area contributed by atoms with Crippen molar-refractivity contribution in [1.82, 2.24) is 34.6 Å². The van der Waals surface area contributed by atoms with Crippen LogP contribution in [0, 0.1) is 0 Å². The highest BCUT2D eigenvalue weighted by Gasteiger charge is 2.51. The summed E-state index contributed by atoms with van der Waals surface area (Å²) in [5.74, 6) is 0.0931. The average Bonchev–Trinajstić information content (AvgIpc) is 3.16. The number of phosphoric ester groups is 1. The van der Waals surface area contributed by atoms with Crippen molar-refractivity contribution in [2.75, 3.05) is 70.3 Å². The first-order valence-corrected chi connectivity index (χ1v) is 20.9. The lowest BCUT2D eigenvalue weighted by Gasteiger charge is -2.55. The third kappa shape index (κ3) is 9.15. The van der Waals surface area contributed by atoms with Crippen molar-refractivity contribution >= 4 is 31.4 Å². The highest BCUT2D eigenvalue weighted by molar-refractivity contribution is 7.46. The minimum absolute atomic E-state index is 0.0283. The van der Waals surface area contributed by atoms with Crippen molar-refractivity contribution in [3.05, 3.63) is 102 Å². The monoisotopic (exact) mass is 786 g/mol. The summed E-state index contributed by atoms with van der Waals surface area (Å²) in [6.45, 7) is 13.7. The summed E-state index contributed by atoms with van der Waals surface area (Å²) in [7, 11) is -4.77. The molecule has 0 saturated carbocycles. The molecular weight excluding hydrogens is 735 g/mol. The number of nitrogens with zero attached hydrogens (tertiary/aromatic N) is 8. The van der Waals surface area contributed by atoms with Gasteiger partial charge in [0.15, 0.2) is 0 Å². The summed E-state index contributed by atoms with van der Waals surface area (Å²) in [5.41, 5.74) is 2.37. The fourth-order valence-electron chi connectivity index (χ4n) is 8.21. The van der Waals surface area contributed by atoms with Crippen LogP contribution in [0.15, 0.2) is 85.5 Å². The summed E-state index contributed by atoms with van der Waals surface area (Å²) in [4.78, 5) is 76.9. The van der Waals surface area contributed by atoms with Gasteiger partial charge in [-0.05, 0) is 48.4 Å². The molecule has 16 heteroatoms. The molecule has 0 spiro atoms. The number of amides is 3. The summed E-state index contributed by atoms with van der Waals surface area (Å²) >= 11 is 0. The van der Waals surface area contributed by atoms with E-state index in [-0.39, 0.29) is 62.5 Å². The highest BCUT2D eigenvalue weighted by Crippen LogP contribution is 2.38. The molecule has 2 atom stereocenters. The Kier molecular flexibility index (Phi) is 12.2. The van der Waals surface area contributed by atoms with Crippen LogP contribution in [-0.4, -0.2) is 146 Å². The van der Waals surface area contributed by atoms with Crippen molar-refractivity contribution in [3.63, 3.8) is 0 Å². The van der Waals surface area contributed by atoms with E-state index < -0.39 is 20.0 Å². The van der Waals surface area contributed by atoms with Gasteiger partial charge in [0.1, 0.15) is 23.8 Å². The van der Waals surface area contributed by atoms with Gasteiger partial charge in [0.05, 0.1) is 25.3 Å². The molecule has 4 saturated heterocycles. The number of hydrogen-bond acceptors (Lipinski definition) is 10. The fraction of sp³-hybridized carbons (Fsp3) is 0.450. The molecule has 4 aliphatic rings. The van der Waals surface area contributed by atoms with Crippen molar-refractivity contribution in [2.24, 2.45) is 0 Å². The second-order valence-corrected chi connectivity index (χ2v) is 16.0. The summed E-state index contributed by atoms with van der Waals surface area (Å²) in [6, 6.07) is 21.2. The van der Waals surface area contributed by atoms with Crippen molar-refractivity contribution in [3.8, 4) is 5.75 Å². The summed E-state index contributed by atoms with van der Waals surface area (Å²) in [6.07, 6.45) is 1.69. The molecule has 7 rings (SSSR count). The van der Waals surface area contributed by atoms with Crippen LogP contribution in [0.25, 0.3) is 0 Å². The summed E-state index contributed by atoms with van der Waals surface area (Å²) in [5, 5.41) is 3.35. The molecule has 4 aliphatic heterocycles. The third-order valence-electron chi connectivity index (χ3n) is 11.2. The standard InChI is InChI=1S/C40H51N8O7P/c1-3-19-46-29-39(50)47-35(24-31-13-16-34(17-14-31)55-56(52,53)54)40(51)45(28-37(47)48(46)38(49)18-15-30-9-6-5-7-10-30)25-32-11-8-12-36(41-32)44-26-33(27-44)43-22-20-42(4-2)21-23-43/h3,5-14,16-17,33,35,37H,1,4,15,18-29H2,2H3,(H2,52,53,54)/t35-,37?/m0/s1. The molecule has 15 nitrogen and oxygen atoms in total. The Morgan fingerprint density at radius 1 is 0.946 bits per heavy atom. The number of benzene rings is 2. The van der Waals surface area contributed by atoms with Gasteiger partial charge in [-0.3, -0.25) is 29.1 Å². The highest BCUT2D eigenvalue weighted by atomic mass is 31.2. The van der Waals surface area contributed by atoms with Crippen LogP contribution in [0.1, 0.15) is 30.2 Å². The lowest BCUT2D eigenvalue weighted by molar-refractivity contribution is -0.205. The van der Waals surface area contributed by atoms with E-state index in [4.69, 9.17) is 9.51 Å². The van der Waals surface area contributed by atoms with Gasteiger partial charge in [-0.25, -0.2) is 19.6 Å². The first kappa shape index (κ1) is 39.6. The topological polar surface area (TPSA) is 154 Å². The van der Waals surface area contributed by atoms with Gasteiger partial charge in [0, 0.05) is 64.7 Å². The van der Waals surface area contributed by atoms with E-state index in [1.807, 2.05) is 48.5 Å². The largest absolute Gasteiger partial charge is 0.524 e. The zero-order chi connectivity index (χ0) is 39.4. The molecule has 2 N–H and O–H groups in total. The Balaban J connectivity index is 1.13. The first-order valence-electron chi connectivity index (χ1n) is 19.3. The Morgan fingerprint density at radius 3 is 2.36 bits per heavy atom. The van der Waals surface area contributed by atoms with Crippen molar-refractivity contribution < 1.29 is 33.3 Å². The molecule has 298 valence electrons. The zero-order valence-corrected chi connectivity index (χ0v) is 32.7. The number of fused-ring (bicyclic) bond motifs is 1. The maximum absolute atomic E-state index is 14.6. The van der Waals surface area contributed by atoms with E-state index in [2.05, 4.69) is 28.2 Å². The number of aryl methyl sites for hydroxylation is 1. The van der Waals surface area contributed by atoms with Gasteiger partial charge < -0.3 is 24.1 Å². The number of phosphoric acid groups is 1. The number of carbonyl (C=O) groups excluding carboxylic acids is 3. The number of hydrogen-bond donors (Lipinski definition) is 2. The number of hydrazine groups is 1. The van der Waals surface area contributed by atoms with Crippen LogP contribution in [0.4, 0.5) is 5.82 Å². The second kappa shape index (κ2) is 17.2. The van der Waals surface area contributed by atoms with Crippen LogP contribution in [-0.2, 0) is 38.3 Å². The number of carbonyl (C=O) groups is 3. The first-order chi connectivity index (χ1) is 27.0. The van der Waals surface area contributed by atoms with Gasteiger partial charge in [-0.15, -0.1) is 6.58 Å². The maximum atomic E-state index is 14.6. The Bertz CT molecular complexity index is 1920. The number of pyridine rings is 1. The molecule has 3 amide bonds. The van der Waals surface area contributed by atoms with E-state index in [1.54, 1.807) is 38.0 Å². The molecule has 0 bridgehead atoms. The van der Waals surface area contributed by atoms with Gasteiger partial charge in [-0.2, -0.15) is 0 Å². The molecule has 56 heavy (non-hydrogen) atoms. The number of rotatable bonds is 14. The van der Waals surface area contributed by atoms with Crippen molar-refractivity contribution in [2.45, 2.75) is 51.0 Å². The minimum Gasteiger partial charge on any atom is -0.404 e. The van der Waals surface area contributed by atoms with Gasteiger partial charge >= 0.3 is 7.82 Å². The van der Waals surface area contributed by atoms with E-state index in [0.29, 0.717) is 23.7 Å². The SMILES string of the molecule is C=CCN1CC(=O)N2C(CN(Cc3cccc(N4CC(N5CCN(CC)CC5)C4)n3)C(=O)[C@@H]2Cc2ccc(OP(=O)(O)O)cc2)N1C(=O)CCc1ccccc1. The lowest BCUT2D eigenvalue weighted by atomic mass is 9.98. The fourth-order valence-corrected chi connectivity index (χ4v) is 8.60. The van der Waals surface area contributed by atoms with E-state index in [1.165, 1.54) is 12.1 Å². The summed E-state index contributed by atoms with van der Waals surface area (Å²) < 4.78 is 16.1. The Morgan fingerprint density at radius 2 is 1.68 bits per heavy atom. The molecular formula is C40H51N8O7P. The lowest BCUT2D eigenvalue weighted by Crippen LogP contribution is -2.75. The van der Waals surface area contributed by atoms with E-state index in [0.717, 1.165) is 57.2 Å². The number of aromatic nitrogens is 1. The van der Waals surface area contributed by atoms with Gasteiger partial charge in [-0.1, -0.05) is 61.5 Å².